The lowest BCUT2D eigenvalue weighted by Gasteiger charge is -2.36. The minimum atomic E-state index is -1.40. The molecule has 0 saturated heterocycles. The highest BCUT2D eigenvalue weighted by Gasteiger charge is 2.37. The van der Waals surface area contributed by atoms with Crippen LogP contribution in [-0.2, 0) is 16.5 Å². The first-order chi connectivity index (χ1) is 13.8. The smallest absolute Gasteiger partial charge is 0.126 e. The third kappa shape index (κ3) is 3.55. The van der Waals surface area contributed by atoms with E-state index in [2.05, 4.69) is 41.1 Å². The van der Waals surface area contributed by atoms with Gasteiger partial charge in [-0.3, -0.25) is 0 Å². The lowest BCUT2D eigenvalue weighted by Crippen LogP contribution is -2.45. The van der Waals surface area contributed by atoms with Crippen LogP contribution in [0.5, 0.6) is 0 Å². The van der Waals surface area contributed by atoms with Gasteiger partial charge >= 0.3 is 0 Å². The Labute approximate surface area is 168 Å². The van der Waals surface area contributed by atoms with Crippen molar-refractivity contribution >= 4 is 11.0 Å². The minimum absolute atomic E-state index is 0.745. The third-order valence-electron chi connectivity index (χ3n) is 4.82. The molecule has 2 nitrogen and oxygen atoms in total. The Morgan fingerprint density at radius 2 is 0.821 bits per heavy atom. The van der Waals surface area contributed by atoms with E-state index in [0.717, 1.165) is 21.6 Å². The summed E-state index contributed by atoms with van der Waals surface area (Å²) < 4.78 is 16.8. The lowest BCUT2D eigenvalue weighted by atomic mass is 9.78. The van der Waals surface area contributed by atoms with Crippen molar-refractivity contribution in [3.05, 3.63) is 138 Å². The summed E-state index contributed by atoms with van der Waals surface area (Å²) in [5.74, 6) is 0. The van der Waals surface area contributed by atoms with Gasteiger partial charge in [0.1, 0.15) is 16.5 Å². The van der Waals surface area contributed by atoms with Crippen molar-refractivity contribution in [1.29, 1.82) is 0 Å². The van der Waals surface area contributed by atoms with Gasteiger partial charge in [0, 0.05) is 0 Å². The summed E-state index contributed by atoms with van der Waals surface area (Å²) in [5.41, 5.74) is 2.37. The number of nitrogens with one attached hydrogen (secondary N) is 1. The van der Waals surface area contributed by atoms with Crippen LogP contribution >= 0.6 is 0 Å². The molecule has 0 saturated carbocycles. The van der Waals surface area contributed by atoms with Gasteiger partial charge in [0.15, 0.2) is 0 Å². The van der Waals surface area contributed by atoms with Gasteiger partial charge in [-0.25, -0.2) is 8.93 Å². The average molecular weight is 384 g/mol. The fourth-order valence-electron chi connectivity index (χ4n) is 3.48. The zero-order valence-corrected chi connectivity index (χ0v) is 16.2. The van der Waals surface area contributed by atoms with E-state index >= 15 is 0 Å². The highest BCUT2D eigenvalue weighted by atomic mass is 32.2. The molecule has 1 atom stereocenters. The van der Waals surface area contributed by atoms with E-state index in [-0.39, 0.29) is 0 Å². The van der Waals surface area contributed by atoms with Crippen LogP contribution in [0, 0.1) is 0 Å². The van der Waals surface area contributed by atoms with Crippen LogP contribution in [-0.4, -0.2) is 4.21 Å². The lowest BCUT2D eigenvalue weighted by molar-refractivity contribution is 0.575. The summed E-state index contributed by atoms with van der Waals surface area (Å²) in [6, 6.07) is 40.1. The van der Waals surface area contributed by atoms with Crippen molar-refractivity contribution in [2.45, 2.75) is 10.4 Å². The molecule has 0 radical (unpaired) electrons. The second-order valence-electron chi connectivity index (χ2n) is 6.53. The van der Waals surface area contributed by atoms with Gasteiger partial charge in [0.2, 0.25) is 0 Å². The predicted molar refractivity (Wildman–Crippen MR) is 115 cm³/mol. The third-order valence-corrected chi connectivity index (χ3v) is 6.02. The van der Waals surface area contributed by atoms with E-state index in [4.69, 9.17) is 0 Å². The maximum atomic E-state index is 13.4. The quantitative estimate of drug-likeness (QED) is 0.450. The summed E-state index contributed by atoms with van der Waals surface area (Å²) in [4.78, 5) is 0.745. The van der Waals surface area contributed by atoms with E-state index in [0.29, 0.717) is 0 Å². The van der Waals surface area contributed by atoms with Crippen molar-refractivity contribution in [2.75, 3.05) is 0 Å². The molecular formula is C25H21NOS. The molecular weight excluding hydrogens is 362 g/mol. The summed E-state index contributed by atoms with van der Waals surface area (Å²) in [6.45, 7) is 0. The molecule has 4 aromatic rings. The van der Waals surface area contributed by atoms with Crippen LogP contribution in [0.4, 0.5) is 0 Å². The molecule has 0 spiro atoms. The van der Waals surface area contributed by atoms with Crippen LogP contribution in [0.15, 0.2) is 126 Å². The van der Waals surface area contributed by atoms with E-state index < -0.39 is 16.5 Å². The normalized spacial score (nSPS) is 12.4. The Kier molecular flexibility index (Phi) is 5.47. The van der Waals surface area contributed by atoms with Gasteiger partial charge in [-0.05, 0) is 28.8 Å². The number of rotatable bonds is 6. The maximum Gasteiger partial charge on any atom is 0.126 e. The molecule has 4 aromatic carbocycles. The minimum Gasteiger partial charge on any atom is -0.237 e. The molecule has 28 heavy (non-hydrogen) atoms. The van der Waals surface area contributed by atoms with E-state index in [9.17, 15) is 4.21 Å². The van der Waals surface area contributed by atoms with Crippen LogP contribution < -0.4 is 4.72 Å². The van der Waals surface area contributed by atoms with Gasteiger partial charge < -0.3 is 0 Å². The molecule has 0 aliphatic rings. The zero-order chi connectivity index (χ0) is 19.2. The molecule has 0 aromatic heterocycles. The van der Waals surface area contributed by atoms with Crippen molar-refractivity contribution in [1.82, 2.24) is 4.72 Å². The highest BCUT2D eigenvalue weighted by Crippen LogP contribution is 2.37. The van der Waals surface area contributed by atoms with E-state index in [1.54, 1.807) is 0 Å². The van der Waals surface area contributed by atoms with Crippen LogP contribution in [0.1, 0.15) is 16.7 Å². The van der Waals surface area contributed by atoms with E-state index in [1.807, 2.05) is 84.9 Å². The predicted octanol–water partition coefficient (Wildman–Crippen LogP) is 5.29. The Hall–Kier alpha value is -3.01. The number of hydrogen-bond acceptors (Lipinski definition) is 1. The van der Waals surface area contributed by atoms with E-state index in [1.165, 1.54) is 0 Å². The molecule has 0 bridgehead atoms. The maximum absolute atomic E-state index is 13.4. The Balaban J connectivity index is 1.95. The van der Waals surface area contributed by atoms with Gasteiger partial charge in [-0.1, -0.05) is 109 Å². The molecule has 4 rings (SSSR count). The van der Waals surface area contributed by atoms with Crippen LogP contribution in [0.25, 0.3) is 0 Å². The molecule has 0 aliphatic carbocycles. The molecule has 0 aliphatic heterocycles. The second kappa shape index (κ2) is 8.34. The van der Waals surface area contributed by atoms with Gasteiger partial charge in [0.25, 0.3) is 0 Å². The Bertz CT molecular complexity index is 938. The number of benzene rings is 4. The topological polar surface area (TPSA) is 29.1 Å². The highest BCUT2D eigenvalue weighted by molar-refractivity contribution is 7.83. The average Bonchev–Trinajstić information content (AvgIpc) is 2.80. The first-order valence-electron chi connectivity index (χ1n) is 9.22. The Morgan fingerprint density at radius 1 is 0.500 bits per heavy atom. The summed E-state index contributed by atoms with van der Waals surface area (Å²) in [5, 5.41) is 0. The van der Waals surface area contributed by atoms with Gasteiger partial charge in [-0.2, -0.15) is 0 Å². The standard InChI is InChI=1S/C25H21NOS/c27-28(24-19-11-4-12-20-24)26-25(21-13-5-1-6-14-21,22-15-7-2-8-16-22)23-17-9-3-10-18-23/h1-20,26H. The molecule has 0 fully saturated rings. The fourth-order valence-corrected chi connectivity index (χ4v) is 4.64. The van der Waals surface area contributed by atoms with Crippen molar-refractivity contribution in [3.8, 4) is 0 Å². The molecule has 0 amide bonds. The van der Waals surface area contributed by atoms with Crippen LogP contribution in [0.2, 0.25) is 0 Å². The largest absolute Gasteiger partial charge is 0.237 e. The second-order valence-corrected chi connectivity index (χ2v) is 7.74. The SMILES string of the molecule is O=S(NC(c1ccccc1)(c1ccccc1)c1ccccc1)c1ccccc1. The summed E-state index contributed by atoms with van der Waals surface area (Å²) >= 11 is 0. The summed E-state index contributed by atoms with van der Waals surface area (Å²) in [6.07, 6.45) is 0. The monoisotopic (exact) mass is 383 g/mol. The fraction of sp³-hybridized carbons (Fsp3) is 0.0400. The Morgan fingerprint density at radius 3 is 1.18 bits per heavy atom. The molecule has 138 valence electrons. The number of hydrogen-bond donors (Lipinski definition) is 1. The first kappa shape index (κ1) is 18.4. The summed E-state index contributed by atoms with van der Waals surface area (Å²) in [7, 11) is -1.40. The van der Waals surface area contributed by atoms with Crippen molar-refractivity contribution in [3.63, 3.8) is 0 Å². The zero-order valence-electron chi connectivity index (χ0n) is 15.4. The molecule has 0 heterocycles. The molecule has 1 unspecified atom stereocenters. The van der Waals surface area contributed by atoms with Gasteiger partial charge in [0.05, 0.1) is 4.90 Å². The van der Waals surface area contributed by atoms with Gasteiger partial charge in [-0.15, -0.1) is 0 Å². The molecule has 1 N–H and O–H groups in total. The first-order valence-corrected chi connectivity index (χ1v) is 10.4. The van der Waals surface area contributed by atoms with Crippen molar-refractivity contribution < 1.29 is 4.21 Å². The van der Waals surface area contributed by atoms with Crippen LogP contribution in [0.3, 0.4) is 0 Å². The molecule has 3 heteroatoms. The van der Waals surface area contributed by atoms with Crippen molar-refractivity contribution in [2.24, 2.45) is 0 Å².